The number of quaternary nitrogens is 1. The van der Waals surface area contributed by atoms with Crippen molar-refractivity contribution in [1.82, 2.24) is 10.2 Å². The number of fused-ring (bicyclic) bond motifs is 2. The lowest BCUT2D eigenvalue weighted by Crippen LogP contribution is -2.57. The average molecular weight is 458 g/mol. The van der Waals surface area contributed by atoms with E-state index in [4.69, 9.17) is 4.74 Å². The largest absolute Gasteiger partial charge is 0.598 e. The van der Waals surface area contributed by atoms with E-state index in [0.29, 0.717) is 18.8 Å². The van der Waals surface area contributed by atoms with Crippen molar-refractivity contribution in [1.29, 1.82) is 0 Å². The summed E-state index contributed by atoms with van der Waals surface area (Å²) in [7, 11) is 1.36. The molecule has 7 rings (SSSR count). The average Bonchev–Trinajstić information content (AvgIpc) is 3.33. The van der Waals surface area contributed by atoms with Crippen LogP contribution in [-0.2, 0) is 4.74 Å². The van der Waals surface area contributed by atoms with Crippen molar-refractivity contribution in [3.63, 3.8) is 0 Å². The van der Waals surface area contributed by atoms with Gasteiger partial charge in [-0.25, -0.2) is 10.0 Å². The molecular formula is C28H31N3O3. The van der Waals surface area contributed by atoms with Gasteiger partial charge in [0.15, 0.2) is 0 Å². The molecule has 5 aliphatic rings. The summed E-state index contributed by atoms with van der Waals surface area (Å²) in [5, 5.41) is 32.9. The van der Waals surface area contributed by atoms with E-state index in [1.165, 1.54) is 29.3 Å². The number of hydrogen-bond acceptors (Lipinski definition) is 5. The van der Waals surface area contributed by atoms with Crippen molar-refractivity contribution >= 4 is 16.3 Å². The van der Waals surface area contributed by atoms with Crippen LogP contribution in [0.15, 0.2) is 60.0 Å². The second-order valence-electron chi connectivity index (χ2n) is 11.5. The molecule has 0 amide bonds. The molecule has 2 aromatic rings. The van der Waals surface area contributed by atoms with Crippen LogP contribution in [0.1, 0.15) is 57.4 Å². The lowest BCUT2D eigenvalue weighted by Gasteiger charge is -2.54. The molecule has 3 unspecified atom stereocenters. The van der Waals surface area contributed by atoms with E-state index in [-0.39, 0.29) is 17.1 Å². The lowest BCUT2D eigenvalue weighted by atomic mass is 9.58. The molecule has 1 N–H and O–H groups in total. The fourth-order valence-corrected chi connectivity index (χ4v) is 7.98. The second-order valence-corrected chi connectivity index (χ2v) is 11.5. The molecule has 2 bridgehead atoms. The molecule has 1 aromatic carbocycles. The molecule has 3 heterocycles. The Bertz CT molecular complexity index is 1310. The molecule has 1 saturated carbocycles. The zero-order chi connectivity index (χ0) is 23.3. The fourth-order valence-electron chi connectivity index (χ4n) is 7.98. The number of ether oxygens (including phenoxy) is 1. The highest BCUT2D eigenvalue weighted by atomic mass is 16.8. The first-order valence-corrected chi connectivity index (χ1v) is 12.6. The van der Waals surface area contributed by atoms with Gasteiger partial charge in [-0.3, -0.25) is 0 Å². The Balaban J connectivity index is 1.27. The minimum absolute atomic E-state index is 0.0112. The molecule has 2 aliphatic heterocycles. The van der Waals surface area contributed by atoms with Crippen LogP contribution in [0.2, 0.25) is 0 Å². The summed E-state index contributed by atoms with van der Waals surface area (Å²) in [5.74, 6) is 0.362. The van der Waals surface area contributed by atoms with Crippen molar-refractivity contribution in [2.75, 3.05) is 7.05 Å². The van der Waals surface area contributed by atoms with Gasteiger partial charge in [0.2, 0.25) is 0 Å². The number of benzene rings is 1. The van der Waals surface area contributed by atoms with Gasteiger partial charge in [0.05, 0.1) is 30.6 Å². The SMILES string of the molecule is CC12CC=C3C=C4CCC([N+](C)([O-])O)C[C@]45CC[C@]3(O5)[C@@H]1CC=C2c1ccc2cnncc2c1. The molecule has 3 aliphatic carbocycles. The van der Waals surface area contributed by atoms with Crippen LogP contribution in [0.4, 0.5) is 0 Å². The standard InChI is InChI=1S/C28H31N3O3/c1-26-10-9-22-14-21-5-6-23(31(2,32)33)15-27(21)11-12-28(22,34-27)25(26)8-7-24(26)18-3-4-19-16-29-30-17-20(19)13-18/h3-4,7,9,13-14,16-17,23,25,32H,5-6,8,10-12,15H2,1-2H3/t23?,25-,26?,27-,28-/m1/s1. The summed E-state index contributed by atoms with van der Waals surface area (Å²) in [6, 6.07) is 6.28. The molecule has 1 saturated heterocycles. The third-order valence-corrected chi connectivity index (χ3v) is 9.78. The van der Waals surface area contributed by atoms with E-state index in [1.807, 2.05) is 12.4 Å². The molecule has 6 heteroatoms. The highest BCUT2D eigenvalue weighted by Gasteiger charge is 2.66. The number of nitrogens with zero attached hydrogens (tertiary/aromatic N) is 3. The van der Waals surface area contributed by atoms with Crippen molar-refractivity contribution in [3.8, 4) is 0 Å². The van der Waals surface area contributed by atoms with Crippen molar-refractivity contribution in [3.05, 3.63) is 70.7 Å². The summed E-state index contributed by atoms with van der Waals surface area (Å²) in [5.41, 5.74) is 4.64. The topological polar surface area (TPSA) is 78.3 Å². The Kier molecular flexibility index (Phi) is 4.09. The quantitative estimate of drug-likeness (QED) is 0.477. The third kappa shape index (κ3) is 2.65. The predicted molar refractivity (Wildman–Crippen MR) is 129 cm³/mol. The Labute approximate surface area is 199 Å². The normalized spacial score (nSPS) is 39.9. The number of rotatable bonds is 2. The van der Waals surface area contributed by atoms with Gasteiger partial charge in [0.25, 0.3) is 0 Å². The van der Waals surface area contributed by atoms with Crippen LogP contribution in [0.5, 0.6) is 0 Å². The predicted octanol–water partition coefficient (Wildman–Crippen LogP) is 5.48. The Hall–Kier alpha value is -2.38. The minimum atomic E-state index is -1.22. The fraction of sp³-hybridized carbons (Fsp3) is 0.500. The van der Waals surface area contributed by atoms with Crippen LogP contribution < -0.4 is 0 Å². The molecule has 176 valence electrons. The van der Waals surface area contributed by atoms with E-state index in [9.17, 15) is 10.4 Å². The van der Waals surface area contributed by atoms with Crippen LogP contribution in [0, 0.1) is 16.5 Å². The Morgan fingerprint density at radius 2 is 1.97 bits per heavy atom. The summed E-state index contributed by atoms with van der Waals surface area (Å²) in [6.07, 6.45) is 17.0. The first-order valence-electron chi connectivity index (χ1n) is 12.6. The maximum atomic E-state index is 12.4. The summed E-state index contributed by atoms with van der Waals surface area (Å²) >= 11 is 0. The van der Waals surface area contributed by atoms with E-state index in [1.54, 1.807) is 0 Å². The van der Waals surface area contributed by atoms with Gasteiger partial charge in [-0.15, -0.1) is 0 Å². The third-order valence-electron chi connectivity index (χ3n) is 9.78. The summed E-state index contributed by atoms with van der Waals surface area (Å²) < 4.78 is 7.19. The molecule has 1 aromatic heterocycles. The minimum Gasteiger partial charge on any atom is -0.598 e. The van der Waals surface area contributed by atoms with E-state index in [0.717, 1.165) is 42.9 Å². The first kappa shape index (κ1) is 20.9. The van der Waals surface area contributed by atoms with Gasteiger partial charge < -0.3 is 9.94 Å². The summed E-state index contributed by atoms with van der Waals surface area (Å²) in [4.78, 5) is -1.22. The number of hydroxylamine groups is 4. The number of allylic oxidation sites excluding steroid dienone is 3. The number of aromatic nitrogens is 2. The first-order chi connectivity index (χ1) is 16.2. The van der Waals surface area contributed by atoms with E-state index >= 15 is 0 Å². The maximum Gasteiger partial charge on any atom is 0.122 e. The molecule has 0 radical (unpaired) electrons. The molecule has 6 atom stereocenters. The smallest absolute Gasteiger partial charge is 0.122 e. The van der Waals surface area contributed by atoms with Gasteiger partial charge in [-0.2, -0.15) is 10.2 Å². The highest BCUT2D eigenvalue weighted by molar-refractivity contribution is 5.86. The van der Waals surface area contributed by atoms with Crippen LogP contribution in [-0.4, -0.2) is 44.5 Å². The van der Waals surface area contributed by atoms with E-state index in [2.05, 4.69) is 53.5 Å². The number of hydrogen-bond donors (Lipinski definition) is 1. The Morgan fingerprint density at radius 1 is 1.15 bits per heavy atom. The van der Waals surface area contributed by atoms with Crippen LogP contribution >= 0.6 is 0 Å². The van der Waals surface area contributed by atoms with Crippen molar-refractivity contribution < 1.29 is 14.8 Å². The van der Waals surface area contributed by atoms with Crippen LogP contribution in [0.3, 0.4) is 0 Å². The molecular weight excluding hydrogens is 426 g/mol. The highest BCUT2D eigenvalue weighted by Crippen LogP contribution is 2.67. The zero-order valence-electron chi connectivity index (χ0n) is 19.8. The Morgan fingerprint density at radius 3 is 2.79 bits per heavy atom. The molecule has 6 nitrogen and oxygen atoms in total. The van der Waals surface area contributed by atoms with E-state index < -0.39 is 10.4 Å². The van der Waals surface area contributed by atoms with Gasteiger partial charge in [-0.1, -0.05) is 37.3 Å². The molecule has 2 fully saturated rings. The van der Waals surface area contributed by atoms with Gasteiger partial charge in [-0.05, 0) is 60.5 Å². The van der Waals surface area contributed by atoms with Gasteiger partial charge in [0.1, 0.15) is 6.04 Å². The lowest BCUT2D eigenvalue weighted by molar-refractivity contribution is -1.07. The second kappa shape index (κ2) is 6.64. The van der Waals surface area contributed by atoms with Crippen molar-refractivity contribution in [2.45, 2.75) is 69.1 Å². The maximum absolute atomic E-state index is 12.4. The van der Waals surface area contributed by atoms with Crippen molar-refractivity contribution in [2.24, 2.45) is 11.3 Å². The van der Waals surface area contributed by atoms with Gasteiger partial charge in [0, 0.05) is 34.9 Å². The summed E-state index contributed by atoms with van der Waals surface area (Å²) in [6.45, 7) is 2.41. The molecule has 2 spiro atoms. The zero-order valence-corrected chi connectivity index (χ0v) is 19.8. The van der Waals surface area contributed by atoms with Crippen LogP contribution in [0.25, 0.3) is 16.3 Å². The monoisotopic (exact) mass is 457 g/mol. The molecule has 34 heavy (non-hydrogen) atoms. The van der Waals surface area contributed by atoms with Gasteiger partial charge >= 0.3 is 0 Å².